The molecule has 0 bridgehead atoms. The normalized spacial score (nSPS) is 10.7. The van der Waals surface area contributed by atoms with Gasteiger partial charge in [-0.1, -0.05) is 6.07 Å². The van der Waals surface area contributed by atoms with E-state index in [1.54, 1.807) is 13.0 Å². The van der Waals surface area contributed by atoms with Crippen molar-refractivity contribution in [2.24, 2.45) is 0 Å². The van der Waals surface area contributed by atoms with Gasteiger partial charge in [-0.05, 0) is 51.0 Å². The molecule has 2 rings (SSSR count). The number of nitrogens with one attached hydrogen (secondary N) is 1. The predicted molar refractivity (Wildman–Crippen MR) is 79.8 cm³/mol. The van der Waals surface area contributed by atoms with Crippen molar-refractivity contribution in [1.82, 2.24) is 15.1 Å². The molecule has 0 spiro atoms. The van der Waals surface area contributed by atoms with Crippen LogP contribution in [0.5, 0.6) is 0 Å². The second-order valence-electron chi connectivity index (χ2n) is 5.24. The quantitative estimate of drug-likeness (QED) is 0.860. The fourth-order valence-corrected chi connectivity index (χ4v) is 2.23. The van der Waals surface area contributed by atoms with Gasteiger partial charge in [0.25, 0.3) is 5.91 Å². The highest BCUT2D eigenvalue weighted by molar-refractivity contribution is 5.94. The molecule has 0 unspecified atom stereocenters. The molecule has 0 saturated heterocycles. The third-order valence-corrected chi connectivity index (χ3v) is 3.30. The van der Waals surface area contributed by atoms with E-state index in [0.717, 1.165) is 29.9 Å². The minimum atomic E-state index is -0.481. The molecule has 2 aromatic rings. The summed E-state index contributed by atoms with van der Waals surface area (Å²) in [6, 6.07) is 6.62. The molecule has 4 nitrogen and oxygen atoms in total. The molecule has 1 amide bonds. The topological polar surface area (TPSA) is 46.9 Å². The summed E-state index contributed by atoms with van der Waals surface area (Å²) in [4.78, 5) is 11.9. The molecule has 1 aromatic carbocycles. The van der Waals surface area contributed by atoms with Crippen molar-refractivity contribution in [2.75, 3.05) is 6.54 Å². The van der Waals surface area contributed by atoms with Gasteiger partial charge in [0.15, 0.2) is 0 Å². The van der Waals surface area contributed by atoms with E-state index in [4.69, 9.17) is 0 Å². The summed E-state index contributed by atoms with van der Waals surface area (Å²) in [7, 11) is 0. The lowest BCUT2D eigenvalue weighted by Crippen LogP contribution is -2.26. The zero-order chi connectivity index (χ0) is 15.4. The van der Waals surface area contributed by atoms with Gasteiger partial charge in [-0.2, -0.15) is 5.10 Å². The lowest BCUT2D eigenvalue weighted by molar-refractivity contribution is 0.0948. The Hall–Kier alpha value is -2.17. The fraction of sp³-hybridized carbons (Fsp3) is 0.375. The van der Waals surface area contributed by atoms with Crippen molar-refractivity contribution >= 4 is 5.91 Å². The Morgan fingerprint density at radius 1 is 1.29 bits per heavy atom. The highest BCUT2D eigenvalue weighted by atomic mass is 19.1. The van der Waals surface area contributed by atoms with E-state index in [1.165, 1.54) is 12.1 Å². The Kier molecular flexibility index (Phi) is 4.73. The van der Waals surface area contributed by atoms with Crippen LogP contribution in [0.4, 0.5) is 4.39 Å². The zero-order valence-corrected chi connectivity index (χ0v) is 12.6. The molecule has 5 heteroatoms. The molecule has 0 fully saturated rings. The maximum Gasteiger partial charge on any atom is 0.254 e. The van der Waals surface area contributed by atoms with Crippen LogP contribution in [0.15, 0.2) is 24.3 Å². The average molecular weight is 289 g/mol. The molecular weight excluding hydrogens is 269 g/mol. The molecule has 0 aliphatic carbocycles. The number of nitrogens with zero attached hydrogens (tertiary/aromatic N) is 2. The largest absolute Gasteiger partial charge is 0.352 e. The van der Waals surface area contributed by atoms with E-state index in [2.05, 4.69) is 10.4 Å². The van der Waals surface area contributed by atoms with Gasteiger partial charge in [-0.15, -0.1) is 0 Å². The molecule has 1 N–H and O–H groups in total. The Bertz CT molecular complexity index is 649. The summed E-state index contributed by atoms with van der Waals surface area (Å²) in [5.74, 6) is -0.855. The number of carbonyl (C=O) groups is 1. The number of halogens is 1. The SMILES string of the molecule is Cc1ccc(C(=O)NCCCn2nc(C)cc2C)c(F)c1. The van der Waals surface area contributed by atoms with Gasteiger partial charge < -0.3 is 5.32 Å². The highest BCUT2D eigenvalue weighted by Crippen LogP contribution is 2.09. The first kappa shape index (κ1) is 15.2. The van der Waals surface area contributed by atoms with Gasteiger partial charge in [0.2, 0.25) is 0 Å². The smallest absolute Gasteiger partial charge is 0.254 e. The zero-order valence-electron chi connectivity index (χ0n) is 12.6. The van der Waals surface area contributed by atoms with Gasteiger partial charge in [0.1, 0.15) is 5.82 Å². The third-order valence-electron chi connectivity index (χ3n) is 3.30. The van der Waals surface area contributed by atoms with E-state index in [-0.39, 0.29) is 11.5 Å². The first-order chi connectivity index (χ1) is 9.97. The van der Waals surface area contributed by atoms with Gasteiger partial charge in [0.05, 0.1) is 11.3 Å². The molecule has 0 saturated carbocycles. The van der Waals surface area contributed by atoms with Crippen molar-refractivity contribution in [3.05, 3.63) is 52.6 Å². The van der Waals surface area contributed by atoms with Crippen molar-refractivity contribution in [3.8, 4) is 0 Å². The first-order valence-electron chi connectivity index (χ1n) is 7.03. The van der Waals surface area contributed by atoms with Crippen molar-refractivity contribution in [3.63, 3.8) is 0 Å². The monoisotopic (exact) mass is 289 g/mol. The lowest BCUT2D eigenvalue weighted by Gasteiger charge is -2.08. The van der Waals surface area contributed by atoms with Crippen LogP contribution in [0, 0.1) is 26.6 Å². The average Bonchev–Trinajstić information content (AvgIpc) is 2.73. The summed E-state index contributed by atoms with van der Waals surface area (Å²) in [5.41, 5.74) is 2.97. The molecule has 112 valence electrons. The van der Waals surface area contributed by atoms with Crippen molar-refractivity contribution in [2.45, 2.75) is 33.7 Å². The second-order valence-corrected chi connectivity index (χ2v) is 5.24. The van der Waals surface area contributed by atoms with Crippen LogP contribution in [-0.2, 0) is 6.54 Å². The number of rotatable bonds is 5. The first-order valence-corrected chi connectivity index (χ1v) is 7.03. The van der Waals surface area contributed by atoms with Gasteiger partial charge in [0, 0.05) is 18.8 Å². The predicted octanol–water partition coefficient (Wildman–Crippen LogP) is 2.77. The fourth-order valence-electron chi connectivity index (χ4n) is 2.23. The Morgan fingerprint density at radius 2 is 2.05 bits per heavy atom. The van der Waals surface area contributed by atoms with Crippen LogP contribution in [0.1, 0.15) is 33.7 Å². The summed E-state index contributed by atoms with van der Waals surface area (Å²) in [6.07, 6.45) is 0.751. The van der Waals surface area contributed by atoms with E-state index >= 15 is 0 Å². The number of hydrogen-bond donors (Lipinski definition) is 1. The van der Waals surface area contributed by atoms with E-state index in [1.807, 2.05) is 24.6 Å². The molecule has 0 atom stereocenters. The highest BCUT2D eigenvalue weighted by Gasteiger charge is 2.10. The lowest BCUT2D eigenvalue weighted by atomic mass is 10.1. The second kappa shape index (κ2) is 6.52. The van der Waals surface area contributed by atoms with Crippen LogP contribution in [0.25, 0.3) is 0 Å². The standard InChI is InChI=1S/C16H20FN3O/c1-11-5-6-14(15(17)9-11)16(21)18-7-4-8-20-13(3)10-12(2)19-20/h5-6,9-10H,4,7-8H2,1-3H3,(H,18,21). The number of benzene rings is 1. The summed E-state index contributed by atoms with van der Waals surface area (Å²) in [5, 5.41) is 7.09. The van der Waals surface area contributed by atoms with Crippen molar-refractivity contribution < 1.29 is 9.18 Å². The van der Waals surface area contributed by atoms with Crippen LogP contribution < -0.4 is 5.32 Å². The van der Waals surface area contributed by atoms with Crippen LogP contribution in [0.3, 0.4) is 0 Å². The summed E-state index contributed by atoms with van der Waals surface area (Å²) < 4.78 is 15.6. The summed E-state index contributed by atoms with van der Waals surface area (Å²) >= 11 is 0. The maximum atomic E-state index is 13.7. The van der Waals surface area contributed by atoms with Gasteiger partial charge >= 0.3 is 0 Å². The molecular formula is C16H20FN3O. The number of hydrogen-bond acceptors (Lipinski definition) is 2. The Labute approximate surface area is 124 Å². The Morgan fingerprint density at radius 3 is 2.67 bits per heavy atom. The molecule has 0 aliphatic rings. The molecule has 21 heavy (non-hydrogen) atoms. The van der Waals surface area contributed by atoms with E-state index in [0.29, 0.717) is 6.54 Å². The molecule has 0 radical (unpaired) electrons. The van der Waals surface area contributed by atoms with Gasteiger partial charge in [-0.3, -0.25) is 9.48 Å². The molecule has 0 aliphatic heterocycles. The van der Waals surface area contributed by atoms with Crippen LogP contribution in [0.2, 0.25) is 0 Å². The molecule has 1 heterocycles. The maximum absolute atomic E-state index is 13.7. The van der Waals surface area contributed by atoms with Crippen LogP contribution >= 0.6 is 0 Å². The van der Waals surface area contributed by atoms with E-state index < -0.39 is 5.82 Å². The number of amides is 1. The minimum Gasteiger partial charge on any atom is -0.352 e. The summed E-state index contributed by atoms with van der Waals surface area (Å²) in [6.45, 7) is 6.96. The van der Waals surface area contributed by atoms with Crippen molar-refractivity contribution in [1.29, 1.82) is 0 Å². The number of aromatic nitrogens is 2. The van der Waals surface area contributed by atoms with Crippen LogP contribution in [-0.4, -0.2) is 22.2 Å². The Balaban J connectivity index is 1.83. The number of carbonyl (C=O) groups excluding carboxylic acids is 1. The number of aryl methyl sites for hydroxylation is 4. The third kappa shape index (κ3) is 3.90. The minimum absolute atomic E-state index is 0.0896. The molecule has 1 aromatic heterocycles. The van der Waals surface area contributed by atoms with E-state index in [9.17, 15) is 9.18 Å². The van der Waals surface area contributed by atoms with Gasteiger partial charge in [-0.25, -0.2) is 4.39 Å².